The van der Waals surface area contributed by atoms with Crippen LogP contribution in [-0.2, 0) is 0 Å². The van der Waals surface area contributed by atoms with Crippen LogP contribution in [0.4, 0.5) is 5.69 Å². The Morgan fingerprint density at radius 1 is 1.38 bits per heavy atom. The second kappa shape index (κ2) is 6.77. The van der Waals surface area contributed by atoms with Gasteiger partial charge in [0.05, 0.1) is 16.9 Å². The van der Waals surface area contributed by atoms with E-state index in [0.717, 1.165) is 6.07 Å². The first-order valence-electron chi connectivity index (χ1n) is 6.70. The lowest BCUT2D eigenvalue weighted by Gasteiger charge is -1.98. The van der Waals surface area contributed by atoms with Gasteiger partial charge < -0.3 is 4.42 Å². The molecule has 6 nitrogen and oxygen atoms in total. The Morgan fingerprint density at radius 3 is 2.92 bits per heavy atom. The highest BCUT2D eigenvalue weighted by atomic mass is 35.5. The van der Waals surface area contributed by atoms with Crippen molar-refractivity contribution >= 4 is 40.5 Å². The molecule has 8 heteroatoms. The highest BCUT2D eigenvalue weighted by Crippen LogP contribution is 2.26. The van der Waals surface area contributed by atoms with Crippen LogP contribution in [0.15, 0.2) is 52.5 Å². The van der Waals surface area contributed by atoms with Crippen LogP contribution in [0.25, 0.3) is 16.8 Å². The Morgan fingerprint density at radius 2 is 2.21 bits per heavy atom. The number of allylic oxidation sites excluding steroid dienone is 1. The van der Waals surface area contributed by atoms with Gasteiger partial charge in [-0.25, -0.2) is 4.98 Å². The zero-order chi connectivity index (χ0) is 17.1. The average molecular weight is 361 g/mol. The normalized spacial score (nSPS) is 11.0. The predicted molar refractivity (Wildman–Crippen MR) is 91.3 cm³/mol. The molecule has 0 saturated carbocycles. The van der Waals surface area contributed by atoms with E-state index in [-0.39, 0.29) is 22.1 Å². The first kappa shape index (κ1) is 16.1. The van der Waals surface area contributed by atoms with Gasteiger partial charge in [0.1, 0.15) is 5.02 Å². The zero-order valence-electron chi connectivity index (χ0n) is 12.0. The van der Waals surface area contributed by atoms with Crippen LogP contribution in [0.5, 0.6) is 0 Å². The van der Waals surface area contributed by atoms with E-state index in [9.17, 15) is 14.9 Å². The van der Waals surface area contributed by atoms with Crippen molar-refractivity contribution in [3.63, 3.8) is 0 Å². The summed E-state index contributed by atoms with van der Waals surface area (Å²) in [6.45, 7) is 0. The number of carbonyl (C=O) groups is 1. The van der Waals surface area contributed by atoms with Gasteiger partial charge in [-0.1, -0.05) is 11.6 Å². The van der Waals surface area contributed by atoms with E-state index >= 15 is 0 Å². The quantitative estimate of drug-likeness (QED) is 0.280. The van der Waals surface area contributed by atoms with Crippen LogP contribution in [-0.4, -0.2) is 15.7 Å². The number of carbonyl (C=O) groups excluding carboxylic acids is 1. The Bertz CT molecular complexity index is 931. The van der Waals surface area contributed by atoms with Crippen molar-refractivity contribution in [3.05, 3.63) is 74.4 Å². The van der Waals surface area contributed by atoms with Gasteiger partial charge in [0, 0.05) is 17.0 Å². The third kappa shape index (κ3) is 3.42. The minimum Gasteiger partial charge on any atom is -0.462 e. The van der Waals surface area contributed by atoms with Gasteiger partial charge >= 0.3 is 0 Å². The summed E-state index contributed by atoms with van der Waals surface area (Å²) < 4.78 is 5.26. The molecular weight excluding hydrogens is 352 g/mol. The van der Waals surface area contributed by atoms with Gasteiger partial charge in [0.25, 0.3) is 5.69 Å². The molecule has 0 fully saturated rings. The third-order valence-electron chi connectivity index (χ3n) is 3.09. The van der Waals surface area contributed by atoms with Crippen molar-refractivity contribution in [1.82, 2.24) is 4.98 Å². The van der Waals surface area contributed by atoms with E-state index in [1.807, 2.05) is 0 Å². The number of ketones is 1. The number of nitrogens with zero attached hydrogens (tertiary/aromatic N) is 2. The first-order valence-corrected chi connectivity index (χ1v) is 7.96. The molecular formula is C16H9ClN2O4S. The van der Waals surface area contributed by atoms with Crippen LogP contribution in [0.3, 0.4) is 0 Å². The Kier molecular flexibility index (Phi) is 4.54. The fourth-order valence-electron chi connectivity index (χ4n) is 1.94. The van der Waals surface area contributed by atoms with Gasteiger partial charge in [-0.15, -0.1) is 11.3 Å². The average Bonchev–Trinajstić information content (AvgIpc) is 3.24. The third-order valence-corrected chi connectivity index (χ3v) is 4.28. The summed E-state index contributed by atoms with van der Waals surface area (Å²) in [5.74, 6) is 0.279. The second-order valence-corrected chi connectivity index (χ2v) is 5.94. The van der Waals surface area contributed by atoms with Gasteiger partial charge in [-0.05, 0) is 36.4 Å². The standard InChI is InChI=1S/C16H9ClN2O4S/c17-12-5-3-10(8-13(12)19(21)22)14(20)6-4-11-9-24-16(18-11)15-2-1-7-23-15/h1-9H/b6-4+. The first-order chi connectivity index (χ1) is 11.5. The minimum atomic E-state index is -0.626. The fourth-order valence-corrected chi connectivity index (χ4v) is 2.88. The highest BCUT2D eigenvalue weighted by molar-refractivity contribution is 7.13. The van der Waals surface area contributed by atoms with Crippen LogP contribution in [0.2, 0.25) is 5.02 Å². The fraction of sp³-hybridized carbons (Fsp3) is 0. The molecule has 3 rings (SSSR count). The lowest BCUT2D eigenvalue weighted by Crippen LogP contribution is -1.97. The van der Waals surface area contributed by atoms with E-state index in [0.29, 0.717) is 16.5 Å². The van der Waals surface area contributed by atoms with Gasteiger partial charge in [0.2, 0.25) is 0 Å². The maximum absolute atomic E-state index is 12.1. The number of nitro groups is 1. The number of thiazole rings is 1. The monoisotopic (exact) mass is 360 g/mol. The molecule has 0 N–H and O–H groups in total. The smallest absolute Gasteiger partial charge is 0.288 e. The molecule has 0 amide bonds. The zero-order valence-corrected chi connectivity index (χ0v) is 13.6. The molecule has 120 valence electrons. The van der Waals surface area contributed by atoms with Crippen molar-refractivity contribution in [1.29, 1.82) is 0 Å². The summed E-state index contributed by atoms with van der Waals surface area (Å²) in [4.78, 5) is 26.7. The SMILES string of the molecule is O=C(/C=C/c1csc(-c2ccco2)n1)c1ccc(Cl)c([N+](=O)[O-])c1. The maximum atomic E-state index is 12.1. The molecule has 24 heavy (non-hydrogen) atoms. The molecule has 2 aromatic heterocycles. The van der Waals surface area contributed by atoms with Crippen molar-refractivity contribution < 1.29 is 14.1 Å². The molecule has 0 spiro atoms. The van der Waals surface area contributed by atoms with E-state index in [1.54, 1.807) is 29.9 Å². The summed E-state index contributed by atoms with van der Waals surface area (Å²) in [5.41, 5.74) is 0.483. The van der Waals surface area contributed by atoms with Crippen LogP contribution < -0.4 is 0 Å². The van der Waals surface area contributed by atoms with Crippen LogP contribution >= 0.6 is 22.9 Å². The van der Waals surface area contributed by atoms with Gasteiger partial charge in [-0.2, -0.15) is 0 Å². The summed E-state index contributed by atoms with van der Waals surface area (Å²) >= 11 is 7.12. The van der Waals surface area contributed by atoms with Crippen LogP contribution in [0.1, 0.15) is 16.1 Å². The molecule has 1 aromatic carbocycles. The topological polar surface area (TPSA) is 86.2 Å². The number of rotatable bonds is 5. The molecule has 0 atom stereocenters. The lowest BCUT2D eigenvalue weighted by molar-refractivity contribution is -0.384. The second-order valence-electron chi connectivity index (χ2n) is 4.68. The van der Waals surface area contributed by atoms with Crippen molar-refractivity contribution in [2.75, 3.05) is 0 Å². The summed E-state index contributed by atoms with van der Waals surface area (Å²) in [5, 5.41) is 13.3. The number of benzene rings is 1. The van der Waals surface area contributed by atoms with Crippen molar-refractivity contribution in [3.8, 4) is 10.8 Å². The summed E-state index contributed by atoms with van der Waals surface area (Å²) in [7, 11) is 0. The van der Waals surface area contributed by atoms with E-state index in [2.05, 4.69) is 4.98 Å². The van der Waals surface area contributed by atoms with Crippen LogP contribution in [0, 0.1) is 10.1 Å². The number of aromatic nitrogens is 1. The van der Waals surface area contributed by atoms with E-state index in [4.69, 9.17) is 16.0 Å². The van der Waals surface area contributed by atoms with Crippen molar-refractivity contribution in [2.24, 2.45) is 0 Å². The highest BCUT2D eigenvalue weighted by Gasteiger charge is 2.15. The largest absolute Gasteiger partial charge is 0.462 e. The molecule has 0 aliphatic rings. The molecule has 2 heterocycles. The summed E-state index contributed by atoms with van der Waals surface area (Å²) in [6, 6.07) is 7.49. The Hall–Kier alpha value is -2.77. The molecule has 0 radical (unpaired) electrons. The van der Waals surface area contributed by atoms with E-state index in [1.165, 1.54) is 29.5 Å². The number of nitro benzene ring substituents is 1. The molecule has 0 unspecified atom stereocenters. The van der Waals surface area contributed by atoms with Crippen molar-refractivity contribution in [2.45, 2.75) is 0 Å². The number of hydrogen-bond acceptors (Lipinski definition) is 6. The summed E-state index contributed by atoms with van der Waals surface area (Å²) in [6.07, 6.45) is 4.42. The Balaban J connectivity index is 1.78. The molecule has 0 aliphatic carbocycles. The Labute approximate surface area is 145 Å². The maximum Gasteiger partial charge on any atom is 0.288 e. The lowest BCUT2D eigenvalue weighted by atomic mass is 10.1. The number of hydrogen-bond donors (Lipinski definition) is 0. The van der Waals surface area contributed by atoms with Gasteiger partial charge in [0.15, 0.2) is 16.6 Å². The molecule has 0 bridgehead atoms. The number of halogens is 1. The molecule has 0 aliphatic heterocycles. The predicted octanol–water partition coefficient (Wildman–Crippen LogP) is 4.86. The molecule has 3 aromatic rings. The minimum absolute atomic E-state index is 0.0110. The van der Waals surface area contributed by atoms with Gasteiger partial charge in [-0.3, -0.25) is 14.9 Å². The number of furan rings is 1. The molecule has 0 saturated heterocycles. The van der Waals surface area contributed by atoms with E-state index < -0.39 is 4.92 Å².